The Kier molecular flexibility index (Phi) is 30.4. The highest BCUT2D eigenvalue weighted by Crippen LogP contribution is 2.63. The van der Waals surface area contributed by atoms with Crippen molar-refractivity contribution in [2.24, 2.45) is 11.8 Å². The van der Waals surface area contributed by atoms with E-state index in [2.05, 4.69) is 80.1 Å². The van der Waals surface area contributed by atoms with Crippen LogP contribution in [0.4, 0.5) is 29.5 Å². The van der Waals surface area contributed by atoms with Crippen LogP contribution < -0.4 is 31.2 Å². The number of aliphatic carboxylic acids is 1. The first-order valence-electron chi connectivity index (χ1n) is 39.8. The average molecular weight is 1830 g/mol. The second-order valence-corrected chi connectivity index (χ2v) is 32.0. The van der Waals surface area contributed by atoms with Crippen LogP contribution in [0.15, 0.2) is 126 Å². The molecule has 15 rings (SSSR count). The van der Waals surface area contributed by atoms with E-state index in [4.69, 9.17) is 83.3 Å². The van der Waals surface area contributed by atoms with Crippen LogP contribution in [0.2, 0.25) is 0 Å². The fraction of sp³-hybridized carbons (Fsp3) is 0.463. The van der Waals surface area contributed by atoms with Crippen LogP contribution in [0.5, 0.6) is 11.5 Å². The molecule has 3 aromatic carbocycles. The van der Waals surface area contributed by atoms with Crippen molar-refractivity contribution in [3.05, 3.63) is 188 Å². The number of ether oxygens (including phenoxy) is 7. The van der Waals surface area contributed by atoms with E-state index in [1.807, 2.05) is 61.5 Å². The van der Waals surface area contributed by atoms with E-state index in [9.17, 15) is 29.4 Å². The summed E-state index contributed by atoms with van der Waals surface area (Å²) in [5.41, 5.74) is 1.27. The first kappa shape index (κ1) is 95.2. The zero-order chi connectivity index (χ0) is 92.5. The van der Waals surface area contributed by atoms with Gasteiger partial charge in [-0.3, -0.25) is 62.8 Å². The number of H-pyrrole nitrogens is 2. The second-order valence-electron chi connectivity index (χ2n) is 29.7. The summed E-state index contributed by atoms with van der Waals surface area (Å²) in [6.45, 7) is 26.0. The summed E-state index contributed by atoms with van der Waals surface area (Å²) < 4.78 is 154. The lowest BCUT2D eigenvalue weighted by Crippen LogP contribution is -2.44. The number of methoxy groups -OCH3 is 2. The van der Waals surface area contributed by atoms with Gasteiger partial charge in [-0.2, -0.15) is 9.97 Å². The van der Waals surface area contributed by atoms with Crippen LogP contribution in [-0.4, -0.2) is 260 Å². The molecule has 4 saturated heterocycles. The van der Waals surface area contributed by atoms with Crippen molar-refractivity contribution in [2.75, 3.05) is 71.0 Å². The third-order valence-corrected chi connectivity index (χ3v) is 23.0. The summed E-state index contributed by atoms with van der Waals surface area (Å²) in [6, 6.07) is 23.8. The number of alkyl halides is 4. The number of nitrogens with one attached hydrogen (secondary N) is 4. The van der Waals surface area contributed by atoms with Crippen LogP contribution in [0.25, 0.3) is 54.3 Å². The van der Waals surface area contributed by atoms with Gasteiger partial charge < -0.3 is 58.2 Å². The second kappa shape index (κ2) is 41.2. The normalized spacial score (nSPS) is 24.2. The number of aliphatic hydroxyl groups is 2. The summed E-state index contributed by atoms with van der Waals surface area (Å²) in [7, 11) is -5.97. The molecule has 18 atom stereocenters. The largest absolute Gasteiger partial charge is 0.497 e. The smallest absolute Gasteiger partial charge is 0.300 e. The SMILES string of the molecule is CC(=O)O.[BH3-][P+](OCC[N+]#[C-])(OC[C@H]1O[C@@H](n2cnc3c(=O)[nH]c(NC(=O)C(C)C)nc32)[C@@H](F)C1O)OC1[C@@H](CO)O[C@@H](n2cnc3c(C)ncnc32)[C@H]1F.[BH3-][P+](OCC[N+]#[C-])(OC[C@H]1O[C@@H](n2cnc3c(=O)[nH]c(NC(=O)C(C)C)nc32)[C@@H](F)C1OC(c1ccccc1)(c1ccc(OC)cc1)c1ccc(OC)cc1)OC1[C@@H](CC)O[C@@H](n2cnc3c(C)ncnc32)[C@H]1F. The Labute approximate surface area is 736 Å². The molecule has 41 nitrogen and oxygen atoms in total. The first-order valence-corrected chi connectivity index (χ1v) is 42.0. The highest BCUT2D eigenvalue weighted by molar-refractivity contribution is 7.86. The zero-order valence-electron chi connectivity index (χ0n) is 69.8. The van der Waals surface area contributed by atoms with Gasteiger partial charge in [-0.1, -0.05) is 89.2 Å². The van der Waals surface area contributed by atoms with Crippen molar-refractivity contribution in [2.45, 2.75) is 166 Å². The van der Waals surface area contributed by atoms with Crippen LogP contribution in [0.3, 0.4) is 0 Å². The number of carboxylic acid groups (broad SMARTS) is 1. The lowest BCUT2D eigenvalue weighted by atomic mass is 9.79. The molecule has 6 unspecified atom stereocenters. The number of halogens is 4. The van der Waals surface area contributed by atoms with Gasteiger partial charge in [-0.05, 0) is 61.2 Å². The number of benzene rings is 3. The maximum atomic E-state index is 18.4. The van der Waals surface area contributed by atoms with Crippen LogP contribution in [0.1, 0.15) is 101 Å². The molecule has 0 radical (unpaired) electrons. The molecule has 2 amide bonds. The van der Waals surface area contributed by atoms with Crippen molar-refractivity contribution in [1.82, 2.24) is 78.1 Å². The number of amides is 2. The molecule has 11 aromatic rings. The van der Waals surface area contributed by atoms with E-state index < -0.39 is 195 Å². The Morgan fingerprint density at radius 2 is 0.930 bits per heavy atom. The van der Waals surface area contributed by atoms with Gasteiger partial charge in [0.2, 0.25) is 67.6 Å². The Morgan fingerprint density at radius 1 is 0.550 bits per heavy atom. The molecule has 8 aromatic heterocycles. The fourth-order valence-electron chi connectivity index (χ4n) is 14.2. The third-order valence-electron chi connectivity index (χ3n) is 20.6. The maximum Gasteiger partial charge on any atom is 0.300 e. The average Bonchev–Trinajstić information content (AvgIpc) is 1.45. The number of hydrogen-bond acceptors (Lipinski definition) is 30. The molecule has 0 spiro atoms. The van der Waals surface area contributed by atoms with Gasteiger partial charge in [0.25, 0.3) is 17.1 Å². The number of carboxylic acids is 1. The Bertz CT molecular complexity index is 5930. The van der Waals surface area contributed by atoms with Crippen LogP contribution in [-0.2, 0) is 70.8 Å². The van der Waals surface area contributed by atoms with Gasteiger partial charge in [-0.15, -0.1) is 0 Å². The molecular formula is C80H96B2F4N20O21P2. The van der Waals surface area contributed by atoms with Gasteiger partial charge in [0.05, 0.1) is 63.6 Å². The van der Waals surface area contributed by atoms with E-state index in [0.29, 0.717) is 68.3 Å². The molecular weight excluding hydrogens is 1740 g/mol. The Balaban J connectivity index is 0.000000225. The number of nitrogens with zero attached hydrogens (tertiary/aromatic N) is 16. The van der Waals surface area contributed by atoms with Gasteiger partial charge in [0.15, 0.2) is 109 Å². The van der Waals surface area contributed by atoms with Crippen LogP contribution >= 0.6 is 15.6 Å². The van der Waals surface area contributed by atoms with E-state index >= 15 is 17.6 Å². The predicted molar refractivity (Wildman–Crippen MR) is 463 cm³/mol. The minimum atomic E-state index is -3.46. The number of fused-ring (bicyclic) bond motifs is 4. The van der Waals surface area contributed by atoms with Crippen LogP contribution in [0, 0.1) is 38.8 Å². The highest BCUT2D eigenvalue weighted by atomic mass is 31.2. The summed E-state index contributed by atoms with van der Waals surface area (Å²) in [5.74, 6) is -1.75. The van der Waals surface area contributed by atoms with Gasteiger partial charge in [0, 0.05) is 18.8 Å². The lowest BCUT2D eigenvalue weighted by Gasteiger charge is -2.39. The molecule has 4 fully saturated rings. The fourth-order valence-corrected chi connectivity index (χ4v) is 16.5. The van der Waals surface area contributed by atoms with E-state index in [1.165, 1.54) is 45.3 Å². The number of aromatic amines is 2. The topological polar surface area (TPSA) is 479 Å². The number of aliphatic hydroxyl groups excluding tert-OH is 2. The summed E-state index contributed by atoms with van der Waals surface area (Å²) in [6.07, 6.45) is -15.2. The molecule has 12 heterocycles. The number of aryl methyl sites for hydroxylation is 2. The number of carbonyl (C=O) groups is 3. The molecule has 4 aliphatic heterocycles. The van der Waals surface area contributed by atoms with Crippen molar-refractivity contribution >= 4 is 105 Å². The quantitative estimate of drug-likeness (QED) is 0.00563. The summed E-state index contributed by atoms with van der Waals surface area (Å²) in [5, 5.41) is 33.5. The Morgan fingerprint density at radius 3 is 1.35 bits per heavy atom. The molecule has 0 aliphatic carbocycles. The maximum absolute atomic E-state index is 18.4. The first-order chi connectivity index (χ1) is 61.8. The highest BCUT2D eigenvalue weighted by Gasteiger charge is 2.58. The lowest BCUT2D eigenvalue weighted by molar-refractivity contribution is -0.134. The molecule has 4 aliphatic rings. The van der Waals surface area contributed by atoms with Crippen molar-refractivity contribution in [3.63, 3.8) is 0 Å². The van der Waals surface area contributed by atoms with Gasteiger partial charge in [-0.25, -0.2) is 97.7 Å². The molecule has 0 bridgehead atoms. The van der Waals surface area contributed by atoms with Crippen molar-refractivity contribution in [1.29, 1.82) is 0 Å². The van der Waals surface area contributed by atoms with E-state index in [1.54, 1.807) is 80.0 Å². The van der Waals surface area contributed by atoms with Gasteiger partial charge >= 0.3 is 0 Å². The molecule has 129 heavy (non-hydrogen) atoms. The number of aromatic nitrogens is 16. The number of imidazole rings is 4. The number of hydrogen-bond donors (Lipinski definition) is 7. The number of anilines is 2. The van der Waals surface area contributed by atoms with Crippen molar-refractivity contribution < 1.29 is 108 Å². The van der Waals surface area contributed by atoms with Crippen molar-refractivity contribution in [3.8, 4) is 11.5 Å². The summed E-state index contributed by atoms with van der Waals surface area (Å²) in [4.78, 5) is 114. The minimum Gasteiger partial charge on any atom is -0.497 e. The minimum absolute atomic E-state index is 0.0379. The predicted octanol–water partition coefficient (Wildman–Crippen LogP) is 6.68. The van der Waals surface area contributed by atoms with E-state index in [-0.39, 0.29) is 60.5 Å². The third kappa shape index (κ3) is 20.5. The number of rotatable bonds is 33. The molecule has 0 saturated carbocycles. The molecule has 686 valence electrons. The Hall–Kier alpha value is -11.4. The number of carbonyl (C=O) groups excluding carboxylic acids is 2. The zero-order valence-corrected chi connectivity index (χ0v) is 71.6. The monoisotopic (exact) mass is 1830 g/mol. The molecule has 49 heteroatoms. The standard InChI is InChI=1S/C50H56BF2N10O10P.C28H36BF2N10O9P.C2H4O2/c1-8-35-42(38(53)48(70-35)62-26-57-39-29(4)55-25-56-43(39)62)73-74(51,68-23-22-54-5)69-24-36-41(37(52)47(71-36)63-27-58-40-44(63)59-49(61-46(40)65)60-45(64)28(2)3)72-50(30-12-10-9-11-13-30,31-14-18-33(66-6)19-15-31)32-16-20-34(67-7)21-17-32;1-12(2)24(44)38-28-37-23-19(25(45)39-28)36-11-41(23)26-16(30)20(43)15(49-26)8-47-51(29,46-6-5-32-4)50-21-14(7-42)48-27(17(21)31)40-10-35-18-13(3)33-9-34-22(18)40;1-2(3)4/h9-21,25-28,35-38,41-42,47-48H,8,22-24H2,1-4,6-7,51H3,(H2,59,60,61,64,65);9-12,14-17,20-21,26-27,42-43H,5-8H2,1-3,29H3,(H2,37,38,39,44,45);1H3,(H,3,4)/t35-,36-,37+,38+,41?,42?,47-,48-,74?;14-,15-,16+,17+,20?,21?,26-,27-,51?;/m11./s1. The van der Waals surface area contributed by atoms with Gasteiger partial charge in [0.1, 0.15) is 84.5 Å². The van der Waals surface area contributed by atoms with E-state index in [0.717, 1.165) is 17.8 Å². The molecule has 7 N–H and O–H groups in total. The summed E-state index contributed by atoms with van der Waals surface area (Å²) >= 11 is 0.